The Bertz CT molecular complexity index is 409. The molecule has 1 atom stereocenters. The Morgan fingerprint density at radius 3 is 2.55 bits per heavy atom. The van der Waals surface area contributed by atoms with E-state index in [2.05, 4.69) is 19.2 Å². The summed E-state index contributed by atoms with van der Waals surface area (Å²) in [5, 5.41) is 2.98. The maximum Gasteiger partial charge on any atom is 0.246 e. The third kappa shape index (κ3) is 2.60. The molecule has 0 aromatic heterocycles. The molecule has 4 nitrogen and oxygen atoms in total. The first-order chi connectivity index (χ1) is 9.51. The van der Waals surface area contributed by atoms with Crippen LogP contribution >= 0.6 is 0 Å². The Balaban J connectivity index is 2.26. The highest BCUT2D eigenvalue weighted by molar-refractivity contribution is 6.00. The molecule has 0 aromatic carbocycles. The predicted molar refractivity (Wildman–Crippen MR) is 79.1 cm³/mol. The second-order valence-electron chi connectivity index (χ2n) is 6.41. The normalized spacial score (nSPS) is 26.0. The zero-order valence-electron chi connectivity index (χ0n) is 12.8. The maximum atomic E-state index is 12.8. The van der Waals surface area contributed by atoms with E-state index in [1.165, 1.54) is 0 Å². The van der Waals surface area contributed by atoms with Gasteiger partial charge >= 0.3 is 0 Å². The molecule has 1 saturated heterocycles. The van der Waals surface area contributed by atoms with Crippen LogP contribution in [0, 0.1) is 5.92 Å². The summed E-state index contributed by atoms with van der Waals surface area (Å²) in [5.41, 5.74) is -0.579. The molecular formula is C16H26N2O2. The van der Waals surface area contributed by atoms with E-state index in [0.717, 1.165) is 25.7 Å². The summed E-state index contributed by atoms with van der Waals surface area (Å²) in [7, 11) is 0. The summed E-state index contributed by atoms with van der Waals surface area (Å²) in [4.78, 5) is 27.2. The molecule has 0 radical (unpaired) electrons. The van der Waals surface area contributed by atoms with Crippen molar-refractivity contribution in [2.75, 3.05) is 6.54 Å². The number of carbonyl (C=O) groups excluding carboxylic acids is 2. The average molecular weight is 278 g/mol. The van der Waals surface area contributed by atoms with Crippen LogP contribution < -0.4 is 5.32 Å². The summed E-state index contributed by atoms with van der Waals surface area (Å²) in [6, 6.07) is -0.348. The van der Waals surface area contributed by atoms with Crippen molar-refractivity contribution < 1.29 is 9.59 Å². The molecule has 20 heavy (non-hydrogen) atoms. The van der Waals surface area contributed by atoms with Gasteiger partial charge in [0.25, 0.3) is 0 Å². The topological polar surface area (TPSA) is 49.4 Å². The van der Waals surface area contributed by atoms with Gasteiger partial charge in [0, 0.05) is 6.54 Å². The molecule has 2 amide bonds. The number of amides is 2. The number of hydrogen-bond acceptors (Lipinski definition) is 2. The van der Waals surface area contributed by atoms with E-state index in [9.17, 15) is 9.59 Å². The van der Waals surface area contributed by atoms with Crippen LogP contribution in [-0.2, 0) is 9.59 Å². The molecule has 1 N–H and O–H groups in total. The average Bonchev–Trinajstić information content (AvgIpc) is 2.86. The van der Waals surface area contributed by atoms with Gasteiger partial charge in [-0.15, -0.1) is 0 Å². The standard InChI is InChI=1S/C16H26N2O2/c1-4-5-10-18-14(19)13(11-12(2)3)17-15(20)16(18)8-6-7-9-16/h4-5,12-13H,6-11H2,1-3H3,(H,17,20)/b5-4+. The summed E-state index contributed by atoms with van der Waals surface area (Å²) >= 11 is 0. The Morgan fingerprint density at radius 2 is 2.00 bits per heavy atom. The zero-order valence-corrected chi connectivity index (χ0v) is 12.8. The smallest absolute Gasteiger partial charge is 0.246 e. The van der Waals surface area contributed by atoms with Crippen molar-refractivity contribution >= 4 is 11.8 Å². The lowest BCUT2D eigenvalue weighted by Crippen LogP contribution is -2.69. The molecule has 2 fully saturated rings. The largest absolute Gasteiger partial charge is 0.342 e. The van der Waals surface area contributed by atoms with Crippen LogP contribution in [0.25, 0.3) is 0 Å². The highest BCUT2D eigenvalue weighted by atomic mass is 16.2. The van der Waals surface area contributed by atoms with E-state index in [1.54, 1.807) is 0 Å². The molecule has 1 aliphatic heterocycles. The fourth-order valence-electron chi connectivity index (χ4n) is 3.44. The van der Waals surface area contributed by atoms with Gasteiger partial charge in [-0.05, 0) is 32.1 Å². The summed E-state index contributed by atoms with van der Waals surface area (Å²) < 4.78 is 0. The fourth-order valence-corrected chi connectivity index (χ4v) is 3.44. The molecule has 2 aliphatic rings. The van der Waals surface area contributed by atoms with Crippen LogP contribution in [0.5, 0.6) is 0 Å². The van der Waals surface area contributed by atoms with Crippen LogP contribution in [0.15, 0.2) is 12.2 Å². The van der Waals surface area contributed by atoms with Crippen molar-refractivity contribution in [3.8, 4) is 0 Å². The molecule has 1 unspecified atom stereocenters. The van der Waals surface area contributed by atoms with Crippen LogP contribution in [0.3, 0.4) is 0 Å². The van der Waals surface area contributed by atoms with E-state index in [4.69, 9.17) is 0 Å². The van der Waals surface area contributed by atoms with Crippen molar-refractivity contribution in [1.82, 2.24) is 10.2 Å². The molecule has 1 heterocycles. The summed E-state index contributed by atoms with van der Waals surface area (Å²) in [6.07, 6.45) is 8.30. The Hall–Kier alpha value is -1.32. The fraction of sp³-hybridized carbons (Fsp3) is 0.750. The second kappa shape index (κ2) is 5.98. The van der Waals surface area contributed by atoms with Gasteiger partial charge in [0.05, 0.1) is 0 Å². The monoisotopic (exact) mass is 278 g/mol. The minimum absolute atomic E-state index is 0.0600. The van der Waals surface area contributed by atoms with Gasteiger partial charge in [0.2, 0.25) is 11.8 Å². The second-order valence-corrected chi connectivity index (χ2v) is 6.41. The molecule has 1 saturated carbocycles. The van der Waals surface area contributed by atoms with E-state index < -0.39 is 5.54 Å². The van der Waals surface area contributed by atoms with Crippen molar-refractivity contribution in [2.45, 2.75) is 64.5 Å². The quantitative estimate of drug-likeness (QED) is 0.802. The van der Waals surface area contributed by atoms with Crippen molar-refractivity contribution in [3.05, 3.63) is 12.2 Å². The SMILES string of the molecule is C/C=C/CN1C(=O)C(CC(C)C)NC(=O)C12CCCC2. The first-order valence-electron chi connectivity index (χ1n) is 7.75. The number of rotatable bonds is 4. The van der Waals surface area contributed by atoms with Gasteiger partial charge in [-0.25, -0.2) is 0 Å². The Morgan fingerprint density at radius 1 is 1.35 bits per heavy atom. The minimum atomic E-state index is -0.579. The number of nitrogens with zero attached hydrogens (tertiary/aromatic N) is 1. The lowest BCUT2D eigenvalue weighted by atomic mass is 9.87. The Kier molecular flexibility index (Phi) is 4.51. The van der Waals surface area contributed by atoms with E-state index in [1.807, 2.05) is 24.0 Å². The third-order valence-corrected chi connectivity index (χ3v) is 4.47. The van der Waals surface area contributed by atoms with E-state index in [0.29, 0.717) is 18.9 Å². The van der Waals surface area contributed by atoms with E-state index >= 15 is 0 Å². The van der Waals surface area contributed by atoms with Crippen molar-refractivity contribution in [2.24, 2.45) is 5.92 Å². The third-order valence-electron chi connectivity index (χ3n) is 4.47. The van der Waals surface area contributed by atoms with Gasteiger partial charge in [0.1, 0.15) is 11.6 Å². The van der Waals surface area contributed by atoms with Gasteiger partial charge in [0.15, 0.2) is 0 Å². The first kappa shape index (κ1) is 15.1. The van der Waals surface area contributed by atoms with Gasteiger partial charge in [-0.1, -0.05) is 38.8 Å². The lowest BCUT2D eigenvalue weighted by Gasteiger charge is -2.46. The van der Waals surface area contributed by atoms with Gasteiger partial charge in [-0.2, -0.15) is 0 Å². The molecule has 0 aromatic rings. The zero-order chi connectivity index (χ0) is 14.8. The predicted octanol–water partition coefficient (Wildman–Crippen LogP) is 2.25. The molecule has 0 bridgehead atoms. The van der Waals surface area contributed by atoms with Crippen LogP contribution in [0.1, 0.15) is 52.9 Å². The highest BCUT2D eigenvalue weighted by Crippen LogP contribution is 2.38. The molecule has 112 valence electrons. The Labute approximate surface area is 121 Å². The lowest BCUT2D eigenvalue weighted by molar-refractivity contribution is -0.156. The summed E-state index contributed by atoms with van der Waals surface area (Å²) in [5.74, 6) is 0.550. The number of piperazine rings is 1. The molecular weight excluding hydrogens is 252 g/mol. The number of allylic oxidation sites excluding steroid dienone is 1. The number of carbonyl (C=O) groups is 2. The molecule has 1 aliphatic carbocycles. The summed E-state index contributed by atoms with van der Waals surface area (Å²) in [6.45, 7) is 6.66. The van der Waals surface area contributed by atoms with Gasteiger partial charge < -0.3 is 10.2 Å². The maximum absolute atomic E-state index is 12.8. The van der Waals surface area contributed by atoms with Crippen LogP contribution in [-0.4, -0.2) is 34.8 Å². The van der Waals surface area contributed by atoms with Crippen molar-refractivity contribution in [1.29, 1.82) is 0 Å². The van der Waals surface area contributed by atoms with Crippen molar-refractivity contribution in [3.63, 3.8) is 0 Å². The molecule has 2 rings (SSSR count). The van der Waals surface area contributed by atoms with Gasteiger partial charge in [-0.3, -0.25) is 9.59 Å². The number of hydrogen-bond donors (Lipinski definition) is 1. The number of nitrogens with one attached hydrogen (secondary N) is 1. The van der Waals surface area contributed by atoms with E-state index in [-0.39, 0.29) is 17.9 Å². The van der Waals surface area contributed by atoms with Crippen LogP contribution in [0.2, 0.25) is 0 Å². The molecule has 4 heteroatoms. The first-order valence-corrected chi connectivity index (χ1v) is 7.75. The molecule has 1 spiro atoms. The van der Waals surface area contributed by atoms with Crippen LogP contribution in [0.4, 0.5) is 0 Å². The minimum Gasteiger partial charge on any atom is -0.342 e. The highest BCUT2D eigenvalue weighted by Gasteiger charge is 2.53.